The maximum atomic E-state index is 12.4. The number of likely N-dealkylation sites (tertiary alicyclic amines) is 1. The molecule has 0 unspecified atom stereocenters. The zero-order chi connectivity index (χ0) is 14.7. The Morgan fingerprint density at radius 3 is 2.65 bits per heavy atom. The van der Waals surface area contributed by atoms with Crippen molar-refractivity contribution in [2.24, 2.45) is 7.05 Å². The number of hydrogen-bond donors (Lipinski definition) is 1. The first-order chi connectivity index (χ1) is 9.52. The predicted molar refractivity (Wildman–Crippen MR) is 79.5 cm³/mol. The summed E-state index contributed by atoms with van der Waals surface area (Å²) in [5.74, 6) is -0.0722. The topological polar surface area (TPSA) is 67.4 Å². The van der Waals surface area contributed by atoms with E-state index in [9.17, 15) is 4.79 Å². The Morgan fingerprint density at radius 2 is 2.15 bits per heavy atom. The molecule has 0 radical (unpaired) electrons. The molecule has 0 spiro atoms. The number of nitrogen functional groups attached to an aromatic ring is 1. The molecular formula is C14H25N5O. The van der Waals surface area contributed by atoms with Crippen LogP contribution in [0.5, 0.6) is 0 Å². The lowest BCUT2D eigenvalue weighted by molar-refractivity contribution is 0.0637. The van der Waals surface area contributed by atoms with Gasteiger partial charge in [0.25, 0.3) is 5.91 Å². The zero-order valence-electron chi connectivity index (χ0n) is 12.7. The lowest BCUT2D eigenvalue weighted by Crippen LogP contribution is -2.45. The normalized spacial score (nSPS) is 17.4. The molecule has 20 heavy (non-hydrogen) atoms. The summed E-state index contributed by atoms with van der Waals surface area (Å²) in [6.07, 6.45) is 4.90. The lowest BCUT2D eigenvalue weighted by atomic mass is 10.0. The Kier molecular flexibility index (Phi) is 4.65. The van der Waals surface area contributed by atoms with Crippen molar-refractivity contribution in [2.75, 3.05) is 32.4 Å². The van der Waals surface area contributed by atoms with Crippen LogP contribution in [-0.2, 0) is 7.05 Å². The van der Waals surface area contributed by atoms with Gasteiger partial charge in [0.1, 0.15) is 0 Å². The Morgan fingerprint density at radius 1 is 1.50 bits per heavy atom. The van der Waals surface area contributed by atoms with Crippen LogP contribution in [0.2, 0.25) is 0 Å². The minimum atomic E-state index is -0.0722. The van der Waals surface area contributed by atoms with Crippen LogP contribution < -0.4 is 5.73 Å². The second-order valence-corrected chi connectivity index (χ2v) is 5.60. The van der Waals surface area contributed by atoms with E-state index in [4.69, 9.17) is 5.73 Å². The van der Waals surface area contributed by atoms with Crippen LogP contribution in [0.25, 0.3) is 0 Å². The molecular weight excluding hydrogens is 254 g/mol. The molecule has 0 aromatic carbocycles. The number of nitrogens with zero attached hydrogens (tertiary/aromatic N) is 4. The molecule has 1 aromatic rings. The van der Waals surface area contributed by atoms with E-state index in [0.29, 0.717) is 11.4 Å². The van der Waals surface area contributed by atoms with Gasteiger partial charge in [-0.3, -0.25) is 9.48 Å². The van der Waals surface area contributed by atoms with E-state index in [0.717, 1.165) is 32.5 Å². The molecule has 1 amide bonds. The lowest BCUT2D eigenvalue weighted by Gasteiger charge is -2.36. The summed E-state index contributed by atoms with van der Waals surface area (Å²) in [6.45, 7) is 5.48. The van der Waals surface area contributed by atoms with E-state index in [1.54, 1.807) is 17.9 Å². The maximum absolute atomic E-state index is 12.4. The fourth-order valence-electron chi connectivity index (χ4n) is 2.85. The molecule has 2 heterocycles. The molecule has 1 aliphatic heterocycles. The summed E-state index contributed by atoms with van der Waals surface area (Å²) < 4.78 is 1.58. The van der Waals surface area contributed by atoms with Crippen molar-refractivity contribution < 1.29 is 4.79 Å². The van der Waals surface area contributed by atoms with Gasteiger partial charge in [0.15, 0.2) is 5.69 Å². The van der Waals surface area contributed by atoms with E-state index in [1.807, 2.05) is 11.9 Å². The fraction of sp³-hybridized carbons (Fsp3) is 0.714. The third kappa shape index (κ3) is 3.12. The first-order valence-corrected chi connectivity index (χ1v) is 7.31. The summed E-state index contributed by atoms with van der Waals surface area (Å²) in [5.41, 5.74) is 6.65. The predicted octanol–water partition coefficient (Wildman–Crippen LogP) is 0.949. The van der Waals surface area contributed by atoms with Crippen LogP contribution in [0.3, 0.4) is 0 Å². The number of carbonyl (C=O) groups is 1. The van der Waals surface area contributed by atoms with Gasteiger partial charge in [0, 0.05) is 39.4 Å². The molecule has 0 aliphatic carbocycles. The first-order valence-electron chi connectivity index (χ1n) is 7.31. The van der Waals surface area contributed by atoms with Gasteiger partial charge in [-0.2, -0.15) is 5.10 Å². The van der Waals surface area contributed by atoms with Gasteiger partial charge in [-0.1, -0.05) is 6.92 Å². The van der Waals surface area contributed by atoms with Crippen molar-refractivity contribution >= 4 is 11.6 Å². The molecule has 1 aliphatic rings. The monoisotopic (exact) mass is 279 g/mol. The molecule has 6 nitrogen and oxygen atoms in total. The van der Waals surface area contributed by atoms with Crippen molar-refractivity contribution in [1.29, 1.82) is 0 Å². The van der Waals surface area contributed by atoms with E-state index in [1.165, 1.54) is 6.42 Å². The van der Waals surface area contributed by atoms with Crippen molar-refractivity contribution in [3.8, 4) is 0 Å². The molecule has 6 heteroatoms. The summed E-state index contributed by atoms with van der Waals surface area (Å²) >= 11 is 0. The van der Waals surface area contributed by atoms with Gasteiger partial charge in [-0.15, -0.1) is 0 Å². The van der Waals surface area contributed by atoms with Gasteiger partial charge >= 0.3 is 0 Å². The minimum Gasteiger partial charge on any atom is -0.396 e. The summed E-state index contributed by atoms with van der Waals surface area (Å²) in [6, 6.07) is 0.289. The third-order valence-electron chi connectivity index (χ3n) is 4.02. The smallest absolute Gasteiger partial charge is 0.276 e. The van der Waals surface area contributed by atoms with E-state index < -0.39 is 0 Å². The molecule has 0 saturated carbocycles. The third-order valence-corrected chi connectivity index (χ3v) is 4.02. The van der Waals surface area contributed by atoms with Crippen LogP contribution in [0.1, 0.15) is 36.7 Å². The van der Waals surface area contributed by atoms with Crippen LogP contribution >= 0.6 is 0 Å². The van der Waals surface area contributed by atoms with E-state index in [-0.39, 0.29) is 11.9 Å². The van der Waals surface area contributed by atoms with Gasteiger partial charge in [-0.05, 0) is 25.8 Å². The Labute approximate surface area is 120 Å². The quantitative estimate of drug-likeness (QED) is 0.891. The molecule has 0 bridgehead atoms. The number of aromatic nitrogens is 2. The molecule has 0 atom stereocenters. The second kappa shape index (κ2) is 6.26. The summed E-state index contributed by atoms with van der Waals surface area (Å²) in [7, 11) is 3.63. The minimum absolute atomic E-state index is 0.0722. The number of rotatable bonds is 4. The molecule has 2 N–H and O–H groups in total. The first kappa shape index (κ1) is 14.8. The molecule has 1 aromatic heterocycles. The van der Waals surface area contributed by atoms with Crippen LogP contribution in [0.4, 0.5) is 5.69 Å². The number of piperidine rings is 1. The maximum Gasteiger partial charge on any atom is 0.276 e. The van der Waals surface area contributed by atoms with Crippen molar-refractivity contribution in [3.63, 3.8) is 0 Å². The van der Waals surface area contributed by atoms with Crippen molar-refractivity contribution in [1.82, 2.24) is 19.6 Å². The van der Waals surface area contributed by atoms with Crippen molar-refractivity contribution in [2.45, 2.75) is 32.2 Å². The molecule has 2 rings (SSSR count). The largest absolute Gasteiger partial charge is 0.396 e. The Hall–Kier alpha value is -1.56. The van der Waals surface area contributed by atoms with Crippen LogP contribution in [0.15, 0.2) is 6.20 Å². The van der Waals surface area contributed by atoms with Gasteiger partial charge < -0.3 is 15.5 Å². The highest BCUT2D eigenvalue weighted by Gasteiger charge is 2.27. The zero-order valence-corrected chi connectivity index (χ0v) is 12.7. The number of amides is 1. The highest BCUT2D eigenvalue weighted by molar-refractivity contribution is 5.97. The highest BCUT2D eigenvalue weighted by Crippen LogP contribution is 2.19. The fourth-order valence-corrected chi connectivity index (χ4v) is 2.85. The SMILES string of the molecule is CCCN1CCC(N(C)C(=O)c2nn(C)cc2N)CC1. The van der Waals surface area contributed by atoms with E-state index in [2.05, 4.69) is 16.9 Å². The number of nitrogens with two attached hydrogens (primary N) is 1. The van der Waals surface area contributed by atoms with Gasteiger partial charge in [0.05, 0.1) is 5.69 Å². The molecule has 1 fully saturated rings. The standard InChI is InChI=1S/C14H25N5O/c1-4-7-19-8-5-11(6-9-19)18(3)14(20)13-12(15)10-17(2)16-13/h10-11H,4-9,15H2,1-3H3. The number of hydrogen-bond acceptors (Lipinski definition) is 4. The average Bonchev–Trinajstić information content (AvgIpc) is 2.77. The Bertz CT molecular complexity index is 462. The number of carbonyl (C=O) groups excluding carboxylic acids is 1. The Balaban J connectivity index is 1.96. The molecule has 112 valence electrons. The van der Waals surface area contributed by atoms with Crippen molar-refractivity contribution in [3.05, 3.63) is 11.9 Å². The summed E-state index contributed by atoms with van der Waals surface area (Å²) in [4.78, 5) is 16.7. The van der Waals surface area contributed by atoms with E-state index >= 15 is 0 Å². The number of aryl methyl sites for hydroxylation is 1. The van der Waals surface area contributed by atoms with Crippen LogP contribution in [0, 0.1) is 0 Å². The summed E-state index contributed by atoms with van der Waals surface area (Å²) in [5, 5.41) is 4.16. The second-order valence-electron chi connectivity index (χ2n) is 5.60. The number of anilines is 1. The van der Waals surface area contributed by atoms with Gasteiger partial charge in [-0.25, -0.2) is 0 Å². The van der Waals surface area contributed by atoms with Gasteiger partial charge in [0.2, 0.25) is 0 Å². The highest BCUT2D eigenvalue weighted by atomic mass is 16.2. The molecule has 1 saturated heterocycles. The average molecular weight is 279 g/mol. The van der Waals surface area contributed by atoms with Crippen LogP contribution in [-0.4, -0.2) is 58.2 Å².